The number of hydrogen-bond donors (Lipinski definition) is 0. The zero-order valence-electron chi connectivity index (χ0n) is 54.1. The summed E-state index contributed by atoms with van der Waals surface area (Å²) in [5, 5.41) is 0. The third-order valence-corrected chi connectivity index (χ3v) is 16.3. The minimum Gasteiger partial charge on any atom is -0.462 e. The molecule has 1 atom stereocenters. The zero-order chi connectivity index (χ0) is 57.8. The molecule has 0 aromatic carbocycles. The maximum atomic E-state index is 12.9. The number of esters is 3. The molecule has 470 valence electrons. The third kappa shape index (κ3) is 66.4. The number of rotatable bonds is 67. The van der Waals surface area contributed by atoms with Crippen LogP contribution in [0, 0.1) is 0 Å². The summed E-state index contributed by atoms with van der Waals surface area (Å²) in [6, 6.07) is 0. The standard InChI is InChI=1S/C74H138O6/c1-4-7-10-13-16-19-22-24-26-28-30-31-32-33-34-35-36-37-38-39-40-41-42-43-44-45-47-48-50-52-55-58-61-64-67-73(76)79-70-71(69-78-72(75)66-63-60-57-54-21-18-15-12-9-6-3)80-74(77)68-65-62-59-56-53-51-49-46-29-27-25-23-20-17-14-11-8-5-2/h12,15,20,23,27,29,71H,4-11,13-14,16-19,21-22,24-26,28,30-70H2,1-3H3/b15-12-,23-20-,29-27-. The average Bonchev–Trinajstić information content (AvgIpc) is 3.46. The Morgan fingerprint density at radius 3 is 0.762 bits per heavy atom. The molecule has 0 aliphatic rings. The number of hydrogen-bond acceptors (Lipinski definition) is 6. The molecule has 6 heteroatoms. The highest BCUT2D eigenvalue weighted by Crippen LogP contribution is 2.19. The van der Waals surface area contributed by atoms with Crippen molar-refractivity contribution in [2.45, 2.75) is 406 Å². The largest absolute Gasteiger partial charge is 0.462 e. The second-order valence-corrected chi connectivity index (χ2v) is 24.5. The van der Waals surface area contributed by atoms with Crippen molar-refractivity contribution >= 4 is 17.9 Å². The Kier molecular flexibility index (Phi) is 67.1. The fourth-order valence-corrected chi connectivity index (χ4v) is 11.0. The van der Waals surface area contributed by atoms with Gasteiger partial charge in [0.1, 0.15) is 13.2 Å². The Labute approximate surface area is 499 Å². The smallest absolute Gasteiger partial charge is 0.306 e. The molecule has 0 aliphatic carbocycles. The van der Waals surface area contributed by atoms with Gasteiger partial charge in [-0.25, -0.2) is 0 Å². The molecule has 80 heavy (non-hydrogen) atoms. The van der Waals surface area contributed by atoms with E-state index in [0.29, 0.717) is 19.3 Å². The summed E-state index contributed by atoms with van der Waals surface area (Å²) in [6.45, 7) is 6.61. The fraction of sp³-hybridized carbons (Fsp3) is 0.878. The van der Waals surface area contributed by atoms with Gasteiger partial charge in [0.05, 0.1) is 0 Å². The van der Waals surface area contributed by atoms with E-state index in [1.165, 1.54) is 276 Å². The lowest BCUT2D eigenvalue weighted by atomic mass is 10.0. The number of allylic oxidation sites excluding steroid dienone is 6. The van der Waals surface area contributed by atoms with E-state index in [0.717, 1.165) is 83.5 Å². The molecule has 0 saturated heterocycles. The van der Waals surface area contributed by atoms with E-state index in [4.69, 9.17) is 14.2 Å². The Bertz CT molecular complexity index is 1340. The van der Waals surface area contributed by atoms with Gasteiger partial charge in [-0.05, 0) is 70.6 Å². The quantitative estimate of drug-likeness (QED) is 0.0261. The maximum absolute atomic E-state index is 12.9. The molecule has 0 saturated carbocycles. The van der Waals surface area contributed by atoms with Crippen molar-refractivity contribution in [1.82, 2.24) is 0 Å². The van der Waals surface area contributed by atoms with E-state index in [2.05, 4.69) is 57.2 Å². The van der Waals surface area contributed by atoms with Crippen molar-refractivity contribution in [2.24, 2.45) is 0 Å². The number of ether oxygens (including phenoxy) is 3. The first-order chi connectivity index (χ1) is 39.5. The predicted octanol–water partition coefficient (Wildman–Crippen LogP) is 24.7. The molecular weight excluding hydrogens is 985 g/mol. The number of carbonyl (C=O) groups is 3. The summed E-state index contributed by atoms with van der Waals surface area (Å²) in [4.78, 5) is 38.3. The van der Waals surface area contributed by atoms with Crippen molar-refractivity contribution in [1.29, 1.82) is 0 Å². The first-order valence-electron chi connectivity index (χ1n) is 36.0. The van der Waals surface area contributed by atoms with Crippen molar-refractivity contribution in [3.05, 3.63) is 36.5 Å². The first-order valence-corrected chi connectivity index (χ1v) is 36.0. The van der Waals surface area contributed by atoms with Gasteiger partial charge in [0.2, 0.25) is 0 Å². The van der Waals surface area contributed by atoms with Crippen LogP contribution in [-0.2, 0) is 28.6 Å². The van der Waals surface area contributed by atoms with E-state index in [-0.39, 0.29) is 31.1 Å². The van der Waals surface area contributed by atoms with Gasteiger partial charge in [0.25, 0.3) is 0 Å². The number of carbonyl (C=O) groups excluding carboxylic acids is 3. The number of unbranched alkanes of at least 4 members (excludes halogenated alkanes) is 50. The first kappa shape index (κ1) is 77.6. The molecule has 0 aliphatic heterocycles. The van der Waals surface area contributed by atoms with Crippen LogP contribution in [-0.4, -0.2) is 37.2 Å². The Balaban J connectivity index is 4.02. The second-order valence-electron chi connectivity index (χ2n) is 24.5. The minimum atomic E-state index is -0.778. The predicted molar refractivity (Wildman–Crippen MR) is 349 cm³/mol. The molecule has 0 rings (SSSR count). The van der Waals surface area contributed by atoms with Gasteiger partial charge >= 0.3 is 17.9 Å². The highest BCUT2D eigenvalue weighted by Gasteiger charge is 2.19. The van der Waals surface area contributed by atoms with Crippen LogP contribution in [0.15, 0.2) is 36.5 Å². The van der Waals surface area contributed by atoms with Crippen LogP contribution in [0.3, 0.4) is 0 Å². The van der Waals surface area contributed by atoms with E-state index < -0.39 is 6.10 Å². The van der Waals surface area contributed by atoms with E-state index in [9.17, 15) is 14.4 Å². The average molecular weight is 1120 g/mol. The summed E-state index contributed by atoms with van der Waals surface area (Å²) in [7, 11) is 0. The summed E-state index contributed by atoms with van der Waals surface area (Å²) in [5.74, 6) is -0.870. The van der Waals surface area contributed by atoms with Crippen LogP contribution in [0.5, 0.6) is 0 Å². The van der Waals surface area contributed by atoms with E-state index in [1.807, 2.05) is 0 Å². The van der Waals surface area contributed by atoms with Gasteiger partial charge in [-0.15, -0.1) is 0 Å². The van der Waals surface area contributed by atoms with E-state index in [1.54, 1.807) is 0 Å². The van der Waals surface area contributed by atoms with Gasteiger partial charge < -0.3 is 14.2 Å². The van der Waals surface area contributed by atoms with Crippen LogP contribution < -0.4 is 0 Å². The molecule has 0 radical (unpaired) electrons. The lowest BCUT2D eigenvalue weighted by molar-refractivity contribution is -0.167. The summed E-state index contributed by atoms with van der Waals surface area (Å²) in [6.07, 6.45) is 86.4. The minimum absolute atomic E-state index is 0.0742. The lowest BCUT2D eigenvalue weighted by Crippen LogP contribution is -2.30. The molecule has 0 bridgehead atoms. The Hall–Kier alpha value is -2.37. The Morgan fingerprint density at radius 2 is 0.475 bits per heavy atom. The van der Waals surface area contributed by atoms with Crippen LogP contribution in [0.25, 0.3) is 0 Å². The van der Waals surface area contributed by atoms with Crippen LogP contribution in [0.4, 0.5) is 0 Å². The summed E-state index contributed by atoms with van der Waals surface area (Å²) in [5.41, 5.74) is 0. The maximum Gasteiger partial charge on any atom is 0.306 e. The van der Waals surface area contributed by atoms with Crippen LogP contribution in [0.1, 0.15) is 400 Å². The summed E-state index contributed by atoms with van der Waals surface area (Å²) >= 11 is 0. The van der Waals surface area contributed by atoms with Crippen LogP contribution >= 0.6 is 0 Å². The van der Waals surface area contributed by atoms with Gasteiger partial charge in [-0.3, -0.25) is 14.4 Å². The normalized spacial score (nSPS) is 12.2. The molecule has 0 spiro atoms. The SMILES string of the molecule is CCC/C=C\CCCCCCCC(=O)OCC(COC(=O)CCCCCCCCCCCCCCCCCCCCCCCCCCCCCCCCCCCC)OC(=O)CCCCCCCCC/C=C\C/C=C\CCCCCC. The molecular formula is C74H138O6. The highest BCUT2D eigenvalue weighted by atomic mass is 16.6. The molecule has 0 N–H and O–H groups in total. The van der Waals surface area contributed by atoms with Gasteiger partial charge in [0.15, 0.2) is 6.10 Å². The fourth-order valence-electron chi connectivity index (χ4n) is 11.0. The van der Waals surface area contributed by atoms with Gasteiger partial charge in [-0.2, -0.15) is 0 Å². The van der Waals surface area contributed by atoms with Crippen LogP contribution in [0.2, 0.25) is 0 Å². The van der Waals surface area contributed by atoms with Crippen molar-refractivity contribution < 1.29 is 28.6 Å². The van der Waals surface area contributed by atoms with Crippen molar-refractivity contribution in [3.63, 3.8) is 0 Å². The molecule has 0 amide bonds. The molecule has 0 aromatic rings. The summed E-state index contributed by atoms with van der Waals surface area (Å²) < 4.78 is 16.9. The molecule has 6 nitrogen and oxygen atoms in total. The lowest BCUT2D eigenvalue weighted by Gasteiger charge is -2.18. The molecule has 0 aromatic heterocycles. The third-order valence-electron chi connectivity index (χ3n) is 16.3. The van der Waals surface area contributed by atoms with Crippen molar-refractivity contribution in [2.75, 3.05) is 13.2 Å². The van der Waals surface area contributed by atoms with Gasteiger partial charge in [0, 0.05) is 19.3 Å². The zero-order valence-corrected chi connectivity index (χ0v) is 54.1. The molecule has 1 unspecified atom stereocenters. The van der Waals surface area contributed by atoms with Crippen molar-refractivity contribution in [3.8, 4) is 0 Å². The molecule has 0 fully saturated rings. The monoisotopic (exact) mass is 1120 g/mol. The Morgan fingerprint density at radius 1 is 0.250 bits per heavy atom. The van der Waals surface area contributed by atoms with Gasteiger partial charge in [-0.1, -0.05) is 346 Å². The van der Waals surface area contributed by atoms with E-state index >= 15 is 0 Å². The molecule has 0 heterocycles. The highest BCUT2D eigenvalue weighted by molar-refractivity contribution is 5.71. The second kappa shape index (κ2) is 69.1. The topological polar surface area (TPSA) is 78.9 Å².